The first-order chi connectivity index (χ1) is 10.9. The lowest BCUT2D eigenvalue weighted by Gasteiger charge is -2.30. The van der Waals surface area contributed by atoms with Gasteiger partial charge in [0.2, 0.25) is 5.91 Å². The molecule has 2 amide bonds. The molecule has 3 N–H and O–H groups in total. The minimum atomic E-state index is -0.619. The first kappa shape index (κ1) is 19.3. The largest absolute Gasteiger partial charge is 0.453 e. The Balaban J connectivity index is 2.82. The molecule has 7 heteroatoms. The van der Waals surface area contributed by atoms with Crippen molar-refractivity contribution in [1.29, 1.82) is 0 Å². The third-order valence-corrected chi connectivity index (χ3v) is 4.07. The zero-order valence-corrected chi connectivity index (χ0v) is 14.7. The van der Waals surface area contributed by atoms with Gasteiger partial charge in [-0.3, -0.25) is 9.79 Å². The van der Waals surface area contributed by atoms with E-state index in [0.717, 1.165) is 25.7 Å². The van der Waals surface area contributed by atoms with Crippen LogP contribution in [0.3, 0.4) is 0 Å². The summed E-state index contributed by atoms with van der Waals surface area (Å²) >= 11 is 0. The number of likely N-dealkylation sites (tertiary alicyclic amines) is 1. The van der Waals surface area contributed by atoms with Crippen molar-refractivity contribution in [2.45, 2.75) is 58.5 Å². The number of ether oxygens (including phenoxy) is 1. The standard InChI is InChI=1S/C16H30N4O3/c1-5-6-9-18-14(17)12-8-7-10-20(12)15(21)13(11(2)3)19-16(22)23-4/h11-13H,5-10H2,1-4H3,(H2,17,18)(H,19,22). The fourth-order valence-corrected chi connectivity index (χ4v) is 2.69. The lowest BCUT2D eigenvalue weighted by Crippen LogP contribution is -2.54. The van der Waals surface area contributed by atoms with Crippen LogP contribution in [0.2, 0.25) is 0 Å². The van der Waals surface area contributed by atoms with E-state index < -0.39 is 12.1 Å². The summed E-state index contributed by atoms with van der Waals surface area (Å²) in [6, 6.07) is -0.786. The van der Waals surface area contributed by atoms with Gasteiger partial charge in [0.15, 0.2) is 0 Å². The number of unbranched alkanes of at least 4 members (excludes halogenated alkanes) is 1. The van der Waals surface area contributed by atoms with Crippen molar-refractivity contribution < 1.29 is 14.3 Å². The Morgan fingerprint density at radius 3 is 2.70 bits per heavy atom. The molecular formula is C16H30N4O3. The highest BCUT2D eigenvalue weighted by atomic mass is 16.5. The molecule has 23 heavy (non-hydrogen) atoms. The van der Waals surface area contributed by atoms with Crippen molar-refractivity contribution in [1.82, 2.24) is 10.2 Å². The van der Waals surface area contributed by atoms with Gasteiger partial charge in [-0.25, -0.2) is 4.79 Å². The topological polar surface area (TPSA) is 97.0 Å². The van der Waals surface area contributed by atoms with Crippen LogP contribution >= 0.6 is 0 Å². The Hall–Kier alpha value is -1.79. The second-order valence-corrected chi connectivity index (χ2v) is 6.21. The number of methoxy groups -OCH3 is 1. The molecule has 1 fully saturated rings. The van der Waals surface area contributed by atoms with E-state index in [1.165, 1.54) is 7.11 Å². The molecule has 1 aliphatic heterocycles. The van der Waals surface area contributed by atoms with E-state index in [0.29, 0.717) is 18.9 Å². The van der Waals surface area contributed by atoms with Gasteiger partial charge < -0.3 is 20.7 Å². The number of carbonyl (C=O) groups is 2. The SMILES string of the molecule is CCCCN=C(N)C1CCCN1C(=O)C(NC(=O)OC)C(C)C. The van der Waals surface area contributed by atoms with Crippen molar-refractivity contribution in [2.75, 3.05) is 20.2 Å². The highest BCUT2D eigenvalue weighted by Gasteiger charge is 2.36. The van der Waals surface area contributed by atoms with E-state index in [1.807, 2.05) is 13.8 Å². The van der Waals surface area contributed by atoms with Crippen LogP contribution in [0.1, 0.15) is 46.5 Å². The van der Waals surface area contributed by atoms with Gasteiger partial charge in [-0.05, 0) is 25.2 Å². The van der Waals surface area contributed by atoms with Gasteiger partial charge in [0.25, 0.3) is 0 Å². The van der Waals surface area contributed by atoms with Crippen LogP contribution < -0.4 is 11.1 Å². The molecule has 132 valence electrons. The number of nitrogens with one attached hydrogen (secondary N) is 1. The number of hydrogen-bond donors (Lipinski definition) is 2. The normalized spacial score (nSPS) is 19.8. The zero-order chi connectivity index (χ0) is 17.4. The Morgan fingerprint density at radius 1 is 1.43 bits per heavy atom. The fraction of sp³-hybridized carbons (Fsp3) is 0.812. The summed E-state index contributed by atoms with van der Waals surface area (Å²) in [7, 11) is 1.29. The van der Waals surface area contributed by atoms with E-state index in [1.54, 1.807) is 4.90 Å². The summed E-state index contributed by atoms with van der Waals surface area (Å²) in [5.41, 5.74) is 6.10. The minimum absolute atomic E-state index is 0.0406. The van der Waals surface area contributed by atoms with Crippen LogP contribution in [-0.4, -0.2) is 55.0 Å². The summed E-state index contributed by atoms with van der Waals surface area (Å²) in [6.07, 6.45) is 3.15. The van der Waals surface area contributed by atoms with Crippen molar-refractivity contribution in [3.8, 4) is 0 Å². The van der Waals surface area contributed by atoms with Crippen molar-refractivity contribution in [3.05, 3.63) is 0 Å². The summed E-state index contributed by atoms with van der Waals surface area (Å²) in [5.74, 6) is 0.354. The van der Waals surface area contributed by atoms with Crippen molar-refractivity contribution >= 4 is 17.8 Å². The number of alkyl carbamates (subject to hydrolysis) is 1. The first-order valence-corrected chi connectivity index (χ1v) is 8.37. The smallest absolute Gasteiger partial charge is 0.407 e. The van der Waals surface area contributed by atoms with Gasteiger partial charge in [0.05, 0.1) is 13.2 Å². The van der Waals surface area contributed by atoms with Crippen LogP contribution in [0.4, 0.5) is 4.79 Å². The second-order valence-electron chi connectivity index (χ2n) is 6.21. The Labute approximate surface area is 138 Å². The first-order valence-electron chi connectivity index (χ1n) is 8.37. The number of nitrogens with zero attached hydrogens (tertiary/aromatic N) is 2. The average Bonchev–Trinajstić information content (AvgIpc) is 3.01. The third kappa shape index (κ3) is 5.41. The van der Waals surface area contributed by atoms with Gasteiger partial charge in [-0.15, -0.1) is 0 Å². The minimum Gasteiger partial charge on any atom is -0.453 e. The Morgan fingerprint density at radius 2 is 2.13 bits per heavy atom. The van der Waals surface area contributed by atoms with Crippen molar-refractivity contribution in [3.63, 3.8) is 0 Å². The maximum Gasteiger partial charge on any atom is 0.407 e. The van der Waals surface area contributed by atoms with Gasteiger partial charge in [-0.2, -0.15) is 0 Å². The Bertz CT molecular complexity index is 437. The number of nitrogens with two attached hydrogens (primary N) is 1. The number of carbonyl (C=O) groups excluding carboxylic acids is 2. The van der Waals surface area contributed by atoms with E-state index in [9.17, 15) is 9.59 Å². The summed E-state index contributed by atoms with van der Waals surface area (Å²) in [6.45, 7) is 7.21. The van der Waals surface area contributed by atoms with Crippen LogP contribution in [-0.2, 0) is 9.53 Å². The maximum atomic E-state index is 12.8. The highest BCUT2D eigenvalue weighted by molar-refractivity contribution is 5.93. The third-order valence-electron chi connectivity index (χ3n) is 4.07. The quantitative estimate of drug-likeness (QED) is 0.421. The molecule has 1 saturated heterocycles. The molecule has 0 bridgehead atoms. The number of amides is 2. The molecule has 0 spiro atoms. The Kier molecular flexibility index (Phi) is 7.85. The van der Waals surface area contributed by atoms with Gasteiger partial charge >= 0.3 is 6.09 Å². The van der Waals surface area contributed by atoms with Crippen LogP contribution in [0, 0.1) is 5.92 Å². The number of amidine groups is 1. The number of hydrogen-bond acceptors (Lipinski definition) is 4. The number of aliphatic imine (C=N–C) groups is 1. The molecule has 2 unspecified atom stereocenters. The molecule has 7 nitrogen and oxygen atoms in total. The molecular weight excluding hydrogens is 296 g/mol. The lowest BCUT2D eigenvalue weighted by molar-refractivity contribution is -0.134. The van der Waals surface area contributed by atoms with E-state index in [2.05, 4.69) is 22.0 Å². The molecule has 0 aromatic heterocycles. The predicted molar refractivity (Wildman–Crippen MR) is 90.3 cm³/mol. The molecule has 0 saturated carbocycles. The van der Waals surface area contributed by atoms with Gasteiger partial charge in [-0.1, -0.05) is 27.2 Å². The average molecular weight is 326 g/mol. The molecule has 0 aromatic rings. The van der Waals surface area contributed by atoms with E-state index in [4.69, 9.17) is 5.73 Å². The van der Waals surface area contributed by atoms with Crippen LogP contribution in [0.25, 0.3) is 0 Å². The molecule has 1 rings (SSSR count). The molecule has 1 heterocycles. The predicted octanol–water partition coefficient (Wildman–Crippen LogP) is 1.52. The molecule has 0 aromatic carbocycles. The molecule has 0 radical (unpaired) electrons. The number of rotatable bonds is 7. The zero-order valence-electron chi connectivity index (χ0n) is 14.7. The van der Waals surface area contributed by atoms with Crippen molar-refractivity contribution in [2.24, 2.45) is 16.6 Å². The lowest BCUT2D eigenvalue weighted by atomic mass is 10.0. The van der Waals surface area contributed by atoms with Gasteiger partial charge in [0.1, 0.15) is 11.9 Å². The fourth-order valence-electron chi connectivity index (χ4n) is 2.69. The van der Waals surface area contributed by atoms with Gasteiger partial charge in [0, 0.05) is 13.1 Å². The highest BCUT2D eigenvalue weighted by Crippen LogP contribution is 2.20. The van der Waals surface area contributed by atoms with Crippen LogP contribution in [0.15, 0.2) is 4.99 Å². The summed E-state index contributed by atoms with van der Waals surface area (Å²) in [5, 5.41) is 2.62. The molecule has 2 atom stereocenters. The molecule has 1 aliphatic rings. The molecule has 0 aliphatic carbocycles. The van der Waals surface area contributed by atoms with E-state index in [-0.39, 0.29) is 17.9 Å². The maximum absolute atomic E-state index is 12.8. The monoisotopic (exact) mass is 326 g/mol. The summed E-state index contributed by atoms with van der Waals surface area (Å²) < 4.78 is 4.61. The van der Waals surface area contributed by atoms with E-state index >= 15 is 0 Å². The van der Waals surface area contributed by atoms with Crippen LogP contribution in [0.5, 0.6) is 0 Å². The summed E-state index contributed by atoms with van der Waals surface area (Å²) in [4.78, 5) is 30.5. The second kappa shape index (κ2) is 9.37.